The molecule has 18 heavy (non-hydrogen) atoms. The van der Waals surface area contributed by atoms with Gasteiger partial charge < -0.3 is 4.98 Å². The number of thioether (sulfide) groups is 1. The second kappa shape index (κ2) is 6.25. The third-order valence-corrected chi connectivity index (χ3v) is 3.69. The Balaban J connectivity index is 1.98. The molecule has 2 aromatic rings. The predicted molar refractivity (Wildman–Crippen MR) is 80.2 cm³/mol. The van der Waals surface area contributed by atoms with E-state index in [0.717, 1.165) is 29.9 Å². The minimum atomic E-state index is 0.891. The van der Waals surface area contributed by atoms with E-state index in [4.69, 9.17) is 0 Å². The summed E-state index contributed by atoms with van der Waals surface area (Å²) >= 11 is 1.91. The molecule has 1 N–H and O–H groups in total. The molecular weight excluding hydrogens is 242 g/mol. The van der Waals surface area contributed by atoms with Crippen molar-refractivity contribution in [1.29, 1.82) is 0 Å². The van der Waals surface area contributed by atoms with Crippen molar-refractivity contribution in [1.82, 2.24) is 14.9 Å². The van der Waals surface area contributed by atoms with Crippen molar-refractivity contribution in [3.63, 3.8) is 0 Å². The normalized spacial score (nSPS) is 11.6. The fraction of sp³-hybridized carbons (Fsp3) is 0.500. The monoisotopic (exact) mass is 263 g/mol. The van der Waals surface area contributed by atoms with Gasteiger partial charge in [0, 0.05) is 0 Å². The van der Waals surface area contributed by atoms with Gasteiger partial charge in [0.15, 0.2) is 0 Å². The fourth-order valence-electron chi connectivity index (χ4n) is 2.06. The predicted octanol–water partition coefficient (Wildman–Crippen LogP) is 3.06. The Morgan fingerprint density at radius 1 is 1.39 bits per heavy atom. The van der Waals surface area contributed by atoms with Crippen molar-refractivity contribution >= 4 is 22.8 Å². The van der Waals surface area contributed by atoms with E-state index in [-0.39, 0.29) is 0 Å². The molecule has 0 atom stereocenters. The molecule has 0 unspecified atom stereocenters. The van der Waals surface area contributed by atoms with Crippen molar-refractivity contribution in [2.75, 3.05) is 25.6 Å². The number of benzene rings is 1. The van der Waals surface area contributed by atoms with E-state index in [2.05, 4.69) is 53.3 Å². The lowest BCUT2D eigenvalue weighted by Crippen LogP contribution is -2.20. The van der Waals surface area contributed by atoms with Crippen LogP contribution in [0.15, 0.2) is 18.2 Å². The smallest absolute Gasteiger partial charge is 0.121 e. The van der Waals surface area contributed by atoms with E-state index < -0.39 is 0 Å². The molecule has 0 aliphatic heterocycles. The number of nitrogens with one attached hydrogen (secondary N) is 1. The number of aromatic amines is 1. The molecule has 3 nitrogen and oxygen atoms in total. The number of nitrogens with zero attached hydrogens (tertiary/aromatic N) is 2. The van der Waals surface area contributed by atoms with Gasteiger partial charge in [-0.05, 0) is 56.6 Å². The number of aryl methyl sites for hydroxylation is 1. The highest BCUT2D eigenvalue weighted by Crippen LogP contribution is 2.14. The van der Waals surface area contributed by atoms with Gasteiger partial charge in [0.25, 0.3) is 0 Å². The van der Waals surface area contributed by atoms with E-state index in [9.17, 15) is 0 Å². The number of aromatic nitrogens is 2. The van der Waals surface area contributed by atoms with Gasteiger partial charge >= 0.3 is 0 Å². The number of imidazole rings is 1. The summed E-state index contributed by atoms with van der Waals surface area (Å²) < 4.78 is 0. The summed E-state index contributed by atoms with van der Waals surface area (Å²) in [6.45, 7) is 4.12. The molecule has 4 heteroatoms. The lowest BCUT2D eigenvalue weighted by molar-refractivity contribution is 0.321. The summed E-state index contributed by atoms with van der Waals surface area (Å²) in [5.74, 6) is 2.28. The minimum absolute atomic E-state index is 0.891. The second-order valence-electron chi connectivity index (χ2n) is 4.79. The number of fused-ring (bicyclic) bond motifs is 1. The van der Waals surface area contributed by atoms with E-state index in [1.54, 1.807) is 0 Å². The number of rotatable bonds is 6. The van der Waals surface area contributed by atoms with Crippen LogP contribution in [0.25, 0.3) is 11.0 Å². The SMILES string of the molecule is CSCCCN(C)Cc1nc2ccc(C)cc2[nH]1. The van der Waals surface area contributed by atoms with Gasteiger partial charge in [-0.3, -0.25) is 4.90 Å². The van der Waals surface area contributed by atoms with Gasteiger partial charge in [-0.1, -0.05) is 6.07 Å². The molecule has 1 aromatic heterocycles. The third-order valence-electron chi connectivity index (χ3n) is 2.99. The van der Waals surface area contributed by atoms with Crippen LogP contribution in [0.2, 0.25) is 0 Å². The van der Waals surface area contributed by atoms with Crippen LogP contribution in [-0.4, -0.2) is 40.5 Å². The Kier molecular flexibility index (Phi) is 4.66. The highest BCUT2D eigenvalue weighted by Gasteiger charge is 2.05. The van der Waals surface area contributed by atoms with Crippen molar-refractivity contribution in [2.24, 2.45) is 0 Å². The zero-order chi connectivity index (χ0) is 13.0. The maximum absolute atomic E-state index is 4.62. The molecule has 2 rings (SSSR count). The summed E-state index contributed by atoms with van der Waals surface area (Å²) in [6.07, 6.45) is 3.39. The van der Waals surface area contributed by atoms with Gasteiger partial charge in [0.1, 0.15) is 5.82 Å². The van der Waals surface area contributed by atoms with Gasteiger partial charge in [0.2, 0.25) is 0 Å². The van der Waals surface area contributed by atoms with Crippen LogP contribution >= 0.6 is 11.8 Å². The maximum atomic E-state index is 4.62. The molecule has 0 fully saturated rings. The van der Waals surface area contributed by atoms with Gasteiger partial charge in [0.05, 0.1) is 17.6 Å². The van der Waals surface area contributed by atoms with Crippen LogP contribution in [-0.2, 0) is 6.54 Å². The summed E-state index contributed by atoms with van der Waals surface area (Å²) in [4.78, 5) is 10.3. The minimum Gasteiger partial charge on any atom is -0.341 e. The molecule has 0 aliphatic carbocycles. The summed E-state index contributed by atoms with van der Waals surface area (Å²) in [7, 11) is 2.15. The van der Waals surface area contributed by atoms with Crippen LogP contribution in [0.4, 0.5) is 0 Å². The van der Waals surface area contributed by atoms with Gasteiger partial charge in [-0.2, -0.15) is 11.8 Å². The lowest BCUT2D eigenvalue weighted by Gasteiger charge is -2.14. The largest absolute Gasteiger partial charge is 0.341 e. The molecule has 0 spiro atoms. The van der Waals surface area contributed by atoms with Crippen LogP contribution in [0, 0.1) is 6.92 Å². The fourth-order valence-corrected chi connectivity index (χ4v) is 2.48. The maximum Gasteiger partial charge on any atom is 0.121 e. The topological polar surface area (TPSA) is 31.9 Å². The highest BCUT2D eigenvalue weighted by molar-refractivity contribution is 7.98. The van der Waals surface area contributed by atoms with E-state index in [0.29, 0.717) is 0 Å². The summed E-state index contributed by atoms with van der Waals surface area (Å²) in [5, 5.41) is 0. The van der Waals surface area contributed by atoms with Crippen LogP contribution in [0.5, 0.6) is 0 Å². The number of H-pyrrole nitrogens is 1. The van der Waals surface area contributed by atoms with Crippen molar-refractivity contribution in [3.8, 4) is 0 Å². The zero-order valence-electron chi connectivity index (χ0n) is 11.4. The van der Waals surface area contributed by atoms with Crippen LogP contribution in [0.3, 0.4) is 0 Å². The molecule has 98 valence electrons. The summed E-state index contributed by atoms with van der Waals surface area (Å²) in [6, 6.07) is 6.34. The van der Waals surface area contributed by atoms with E-state index in [1.165, 1.54) is 17.7 Å². The molecule has 0 saturated heterocycles. The Morgan fingerprint density at radius 3 is 3.00 bits per heavy atom. The van der Waals surface area contributed by atoms with Crippen molar-refractivity contribution in [3.05, 3.63) is 29.6 Å². The number of hydrogen-bond acceptors (Lipinski definition) is 3. The first-order valence-corrected chi connectivity index (χ1v) is 7.71. The first kappa shape index (κ1) is 13.4. The first-order valence-electron chi connectivity index (χ1n) is 6.32. The Bertz CT molecular complexity index is 507. The molecule has 0 bridgehead atoms. The molecule has 0 saturated carbocycles. The van der Waals surface area contributed by atoms with Crippen LogP contribution < -0.4 is 0 Å². The highest BCUT2D eigenvalue weighted by atomic mass is 32.2. The third kappa shape index (κ3) is 3.50. The average Bonchev–Trinajstić information content (AvgIpc) is 2.70. The van der Waals surface area contributed by atoms with E-state index in [1.807, 2.05) is 11.8 Å². The lowest BCUT2D eigenvalue weighted by atomic mass is 10.2. The van der Waals surface area contributed by atoms with Gasteiger partial charge in [-0.15, -0.1) is 0 Å². The summed E-state index contributed by atoms with van der Waals surface area (Å²) in [5.41, 5.74) is 3.47. The zero-order valence-corrected chi connectivity index (χ0v) is 12.2. The Labute approximate surface area is 113 Å². The quantitative estimate of drug-likeness (QED) is 0.813. The average molecular weight is 263 g/mol. The molecule has 0 amide bonds. The van der Waals surface area contributed by atoms with E-state index >= 15 is 0 Å². The number of hydrogen-bond donors (Lipinski definition) is 1. The molecule has 0 aliphatic rings. The molecule has 0 radical (unpaired) electrons. The second-order valence-corrected chi connectivity index (χ2v) is 5.77. The standard InChI is InChI=1S/C14H21N3S/c1-11-5-6-12-13(9-11)16-14(15-12)10-17(2)7-4-8-18-3/h5-6,9H,4,7-8,10H2,1-3H3,(H,15,16). The Morgan fingerprint density at radius 2 is 2.22 bits per heavy atom. The van der Waals surface area contributed by atoms with Crippen molar-refractivity contribution < 1.29 is 0 Å². The van der Waals surface area contributed by atoms with Gasteiger partial charge in [-0.25, -0.2) is 4.98 Å². The van der Waals surface area contributed by atoms with Crippen molar-refractivity contribution in [2.45, 2.75) is 19.9 Å². The molecule has 1 heterocycles. The first-order chi connectivity index (χ1) is 8.69. The molecule has 1 aromatic carbocycles. The van der Waals surface area contributed by atoms with Crippen LogP contribution in [0.1, 0.15) is 17.8 Å². The Hall–Kier alpha value is -1.00. The molecular formula is C14H21N3S.